The number of anilines is 3. The third-order valence-corrected chi connectivity index (χ3v) is 5.92. The first-order chi connectivity index (χ1) is 14.6. The van der Waals surface area contributed by atoms with Crippen LogP contribution in [0.3, 0.4) is 0 Å². The van der Waals surface area contributed by atoms with E-state index in [1.54, 1.807) is 18.4 Å². The van der Waals surface area contributed by atoms with Gasteiger partial charge in [-0.15, -0.1) is 11.3 Å². The van der Waals surface area contributed by atoms with Gasteiger partial charge in [0.15, 0.2) is 0 Å². The molecular weight excluding hydrogens is 408 g/mol. The normalized spacial score (nSPS) is 11.9. The number of hydrogen-bond donors (Lipinski definition) is 3. The molecule has 0 spiro atoms. The zero-order chi connectivity index (χ0) is 23.2. The van der Waals surface area contributed by atoms with Crippen molar-refractivity contribution >= 4 is 32.9 Å². The highest BCUT2D eigenvalue weighted by atomic mass is 32.1. The van der Waals surface area contributed by atoms with Crippen molar-refractivity contribution in [3.05, 3.63) is 29.8 Å². The van der Waals surface area contributed by atoms with Gasteiger partial charge in [-0.2, -0.15) is 0 Å². The van der Waals surface area contributed by atoms with Gasteiger partial charge in [-0.25, -0.2) is 0 Å². The molecule has 172 valence electrons. The summed E-state index contributed by atoms with van der Waals surface area (Å²) >= 11 is 1.59. The predicted octanol–water partition coefficient (Wildman–Crippen LogP) is 5.02. The molecule has 0 aliphatic heterocycles. The SMILES string of the molecule is CCN(CCOC)CC(=O)Nc1cccc(-c2c(N)sc(NC(C)C)c2C(C)(C)C)c1. The summed E-state index contributed by atoms with van der Waals surface area (Å²) in [5.74, 6) is -0.0356. The number of thiophene rings is 1. The van der Waals surface area contributed by atoms with Gasteiger partial charge in [-0.1, -0.05) is 39.8 Å². The number of ether oxygens (including phenoxy) is 1. The van der Waals surface area contributed by atoms with Gasteiger partial charge in [0.1, 0.15) is 0 Å². The molecule has 0 aliphatic rings. The lowest BCUT2D eigenvalue weighted by Gasteiger charge is -2.24. The fourth-order valence-corrected chi connectivity index (χ4v) is 4.89. The van der Waals surface area contributed by atoms with Gasteiger partial charge in [-0.05, 0) is 43.5 Å². The Kier molecular flexibility index (Phi) is 8.91. The van der Waals surface area contributed by atoms with Crippen LogP contribution in [-0.4, -0.2) is 50.2 Å². The minimum atomic E-state index is -0.0805. The topological polar surface area (TPSA) is 79.6 Å². The molecule has 0 unspecified atom stereocenters. The second-order valence-corrected chi connectivity index (χ2v) is 10.1. The number of likely N-dealkylation sites (N-methyl/N-ethyl adjacent to an activating group) is 1. The maximum Gasteiger partial charge on any atom is 0.238 e. The molecule has 1 aromatic carbocycles. The number of nitrogen functional groups attached to an aromatic ring is 1. The molecule has 0 fully saturated rings. The molecule has 2 rings (SSSR count). The molecule has 4 N–H and O–H groups in total. The van der Waals surface area contributed by atoms with E-state index in [0.717, 1.165) is 39.9 Å². The van der Waals surface area contributed by atoms with E-state index in [1.165, 1.54) is 5.56 Å². The molecule has 1 heterocycles. The lowest BCUT2D eigenvalue weighted by molar-refractivity contribution is -0.117. The molecule has 0 saturated carbocycles. The summed E-state index contributed by atoms with van der Waals surface area (Å²) in [5.41, 5.74) is 10.5. The van der Waals surface area contributed by atoms with Crippen LogP contribution in [0.2, 0.25) is 0 Å². The van der Waals surface area contributed by atoms with E-state index < -0.39 is 0 Å². The molecule has 0 aliphatic carbocycles. The average molecular weight is 447 g/mol. The van der Waals surface area contributed by atoms with E-state index in [4.69, 9.17) is 10.5 Å². The van der Waals surface area contributed by atoms with Crippen molar-refractivity contribution in [1.29, 1.82) is 0 Å². The Morgan fingerprint density at radius 2 is 2.00 bits per heavy atom. The number of hydrogen-bond acceptors (Lipinski definition) is 6. The average Bonchev–Trinajstić information content (AvgIpc) is 3.00. The zero-order valence-corrected chi connectivity index (χ0v) is 20.8. The minimum absolute atomic E-state index is 0.0356. The van der Waals surface area contributed by atoms with Gasteiger partial charge >= 0.3 is 0 Å². The number of carbonyl (C=O) groups is 1. The summed E-state index contributed by atoms with van der Waals surface area (Å²) in [4.78, 5) is 14.6. The highest BCUT2D eigenvalue weighted by Crippen LogP contribution is 2.48. The van der Waals surface area contributed by atoms with E-state index >= 15 is 0 Å². The fourth-order valence-electron chi connectivity index (χ4n) is 3.54. The van der Waals surface area contributed by atoms with Crippen LogP contribution < -0.4 is 16.4 Å². The van der Waals surface area contributed by atoms with Gasteiger partial charge in [0.2, 0.25) is 5.91 Å². The predicted molar refractivity (Wildman–Crippen MR) is 134 cm³/mol. The summed E-state index contributed by atoms with van der Waals surface area (Å²) in [5, 5.41) is 8.49. The smallest absolute Gasteiger partial charge is 0.238 e. The number of methoxy groups -OCH3 is 1. The van der Waals surface area contributed by atoms with E-state index in [9.17, 15) is 4.79 Å². The number of carbonyl (C=O) groups excluding carboxylic acids is 1. The van der Waals surface area contributed by atoms with Crippen LogP contribution in [0, 0.1) is 0 Å². The standard InChI is InChI=1S/C24H38N4O2S/c1-8-28(12-13-30-7)15-19(29)27-18-11-9-10-17(14-18)20-21(24(4,5)6)23(26-16(2)3)31-22(20)25/h9-11,14,16,26H,8,12-13,15,25H2,1-7H3,(H,27,29). The lowest BCUT2D eigenvalue weighted by atomic mass is 9.83. The molecule has 1 aromatic heterocycles. The van der Waals surface area contributed by atoms with Crippen molar-refractivity contribution in [3.63, 3.8) is 0 Å². The number of nitrogens with zero attached hydrogens (tertiary/aromatic N) is 1. The summed E-state index contributed by atoms with van der Waals surface area (Å²) in [6.07, 6.45) is 0. The van der Waals surface area contributed by atoms with Crippen LogP contribution in [0.5, 0.6) is 0 Å². The van der Waals surface area contributed by atoms with Crippen LogP contribution in [0.1, 0.15) is 47.1 Å². The van der Waals surface area contributed by atoms with Crippen molar-refractivity contribution in [1.82, 2.24) is 4.90 Å². The highest BCUT2D eigenvalue weighted by Gasteiger charge is 2.28. The van der Waals surface area contributed by atoms with Gasteiger partial charge < -0.3 is 21.1 Å². The largest absolute Gasteiger partial charge is 0.390 e. The molecule has 0 saturated heterocycles. The molecule has 31 heavy (non-hydrogen) atoms. The first-order valence-electron chi connectivity index (χ1n) is 10.9. The summed E-state index contributed by atoms with van der Waals surface area (Å²) < 4.78 is 5.13. The molecule has 7 heteroatoms. The molecule has 0 atom stereocenters. The van der Waals surface area contributed by atoms with Gasteiger partial charge in [0.05, 0.1) is 23.2 Å². The van der Waals surface area contributed by atoms with Crippen LogP contribution in [0.25, 0.3) is 11.1 Å². The van der Waals surface area contributed by atoms with Crippen LogP contribution in [0.4, 0.5) is 15.7 Å². The van der Waals surface area contributed by atoms with Crippen LogP contribution in [0.15, 0.2) is 24.3 Å². The summed E-state index contributed by atoms with van der Waals surface area (Å²) in [6, 6.07) is 8.26. The van der Waals surface area contributed by atoms with E-state index in [2.05, 4.69) is 56.2 Å². The number of amides is 1. The number of nitrogens with one attached hydrogen (secondary N) is 2. The molecule has 0 radical (unpaired) electrons. The molecule has 0 bridgehead atoms. The molecular formula is C24H38N4O2S. The maximum atomic E-state index is 12.6. The van der Waals surface area contributed by atoms with Gasteiger partial charge in [0, 0.05) is 36.5 Å². The van der Waals surface area contributed by atoms with Crippen molar-refractivity contribution in [3.8, 4) is 11.1 Å². The first-order valence-corrected chi connectivity index (χ1v) is 11.7. The lowest BCUT2D eigenvalue weighted by Crippen LogP contribution is -2.35. The fraction of sp³-hybridized carbons (Fsp3) is 0.542. The Morgan fingerprint density at radius 1 is 1.29 bits per heavy atom. The van der Waals surface area contributed by atoms with Crippen LogP contribution >= 0.6 is 11.3 Å². The van der Waals surface area contributed by atoms with E-state index in [1.807, 2.05) is 25.1 Å². The van der Waals surface area contributed by atoms with Gasteiger partial charge in [-0.3, -0.25) is 9.69 Å². The Hall–Kier alpha value is -2.09. The summed E-state index contributed by atoms with van der Waals surface area (Å²) in [7, 11) is 1.67. The quantitative estimate of drug-likeness (QED) is 0.477. The highest BCUT2D eigenvalue weighted by molar-refractivity contribution is 7.20. The van der Waals surface area contributed by atoms with Crippen molar-refractivity contribution < 1.29 is 9.53 Å². The number of rotatable bonds is 10. The van der Waals surface area contributed by atoms with E-state index in [0.29, 0.717) is 19.2 Å². The number of benzene rings is 1. The Balaban J connectivity index is 2.31. The molecule has 6 nitrogen and oxygen atoms in total. The zero-order valence-electron chi connectivity index (χ0n) is 20.0. The van der Waals surface area contributed by atoms with Crippen molar-refractivity contribution in [2.45, 2.75) is 53.0 Å². The molecule has 1 amide bonds. The Morgan fingerprint density at radius 3 is 2.58 bits per heavy atom. The van der Waals surface area contributed by atoms with Crippen LogP contribution in [-0.2, 0) is 14.9 Å². The third-order valence-electron chi connectivity index (χ3n) is 4.97. The Labute approximate surface area is 191 Å². The number of nitrogens with two attached hydrogens (primary N) is 1. The summed E-state index contributed by atoms with van der Waals surface area (Å²) in [6.45, 7) is 15.4. The monoisotopic (exact) mass is 446 g/mol. The molecule has 2 aromatic rings. The minimum Gasteiger partial charge on any atom is -0.390 e. The van der Waals surface area contributed by atoms with E-state index in [-0.39, 0.29) is 11.3 Å². The third kappa shape index (κ3) is 6.95. The maximum absolute atomic E-state index is 12.6. The second-order valence-electron chi connectivity index (χ2n) is 9.09. The van der Waals surface area contributed by atoms with Crippen molar-refractivity contribution in [2.75, 3.05) is 49.7 Å². The van der Waals surface area contributed by atoms with Gasteiger partial charge in [0.25, 0.3) is 0 Å². The second kappa shape index (κ2) is 11.0. The van der Waals surface area contributed by atoms with Crippen molar-refractivity contribution in [2.24, 2.45) is 0 Å². The first kappa shape index (κ1) is 25.2. The Bertz CT molecular complexity index is 871.